The molecule has 17 nitrogen and oxygen atoms in total. The van der Waals surface area contributed by atoms with Crippen LogP contribution in [-0.4, -0.2) is 58.7 Å². The van der Waals surface area contributed by atoms with E-state index in [4.69, 9.17) is 21.7 Å². The molecule has 3 rings (SSSR count). The van der Waals surface area contributed by atoms with Gasteiger partial charge in [0.1, 0.15) is 17.3 Å². The largest absolute Gasteiger partial charge is 0.478 e. The Kier molecular flexibility index (Phi) is 11.3. The Bertz CT molecular complexity index is 1610. The fraction of sp³-hybridized carbons (Fsp3) is 0.304. The number of aliphatic carboxylic acids is 2. The van der Waals surface area contributed by atoms with Crippen molar-refractivity contribution in [3.05, 3.63) is 71.5 Å². The van der Waals surface area contributed by atoms with Crippen molar-refractivity contribution in [3.63, 3.8) is 0 Å². The fourth-order valence-corrected chi connectivity index (χ4v) is 3.04. The van der Waals surface area contributed by atoms with E-state index in [1.54, 1.807) is 6.92 Å². The molecule has 2 aromatic heterocycles. The molecule has 0 amide bonds. The number of nitrogens with two attached hydrogens (primary N) is 2. The number of rotatable bonds is 5. The lowest BCUT2D eigenvalue weighted by Gasteiger charge is -2.07. The molecule has 0 aliphatic carbocycles. The van der Waals surface area contributed by atoms with Gasteiger partial charge in [-0.25, -0.2) is 29.0 Å². The van der Waals surface area contributed by atoms with Crippen LogP contribution in [0.4, 0.5) is 17.3 Å². The maximum atomic E-state index is 11.9. The quantitative estimate of drug-likeness (QED) is 0.223. The average Bonchev–Trinajstić information content (AvgIpc) is 3.35. The second kappa shape index (κ2) is 13.9. The standard InChI is InChI=1S/C11H11N3O4.C6H10N4O2.C6H8O4/c1-13-9-7(10(17)14(2)11(13)18)5-6(12-9)3-4-8(15)16;1-9-4(8)3(7)5(11)10(2)6(9)12;1-2-10-6(9)4-3-5(7)8/h3-4H,5H2,1-2H3,(H,15,16);7-8H2,1-2H3;3-4H,2H2,1H3,(H,7,8)/b4-3+;;4-3+. The minimum Gasteiger partial charge on any atom is -0.478 e. The number of nitrogens with zero attached hydrogens (tertiary/aromatic N) is 5. The number of allylic oxidation sites excluding steroid dienone is 1. The van der Waals surface area contributed by atoms with Crippen LogP contribution in [-0.2, 0) is 53.7 Å². The molecule has 1 aliphatic heterocycles. The molecule has 0 saturated heterocycles. The Morgan fingerprint density at radius 1 is 0.850 bits per heavy atom. The summed E-state index contributed by atoms with van der Waals surface area (Å²) in [5.41, 5.74) is 9.59. The van der Waals surface area contributed by atoms with Gasteiger partial charge in [-0.15, -0.1) is 0 Å². The molecule has 6 N–H and O–H groups in total. The molecule has 2 aromatic rings. The third-order valence-electron chi connectivity index (χ3n) is 5.14. The molecule has 40 heavy (non-hydrogen) atoms. The molecular formula is C23H29N7O10. The molecule has 0 spiro atoms. The van der Waals surface area contributed by atoms with Crippen LogP contribution in [0, 0.1) is 0 Å². The van der Waals surface area contributed by atoms with Crippen molar-refractivity contribution < 1.29 is 29.3 Å². The van der Waals surface area contributed by atoms with Gasteiger partial charge in [0.2, 0.25) is 0 Å². The molecule has 0 aromatic carbocycles. The summed E-state index contributed by atoms with van der Waals surface area (Å²) in [7, 11) is 5.72. The number of carbonyl (C=O) groups excluding carboxylic acids is 1. The molecule has 1 aliphatic rings. The lowest BCUT2D eigenvalue weighted by atomic mass is 10.2. The van der Waals surface area contributed by atoms with Crippen LogP contribution < -0.4 is 34.0 Å². The zero-order valence-corrected chi connectivity index (χ0v) is 22.3. The van der Waals surface area contributed by atoms with Gasteiger partial charge in [0, 0.05) is 58.6 Å². The molecule has 0 fully saturated rings. The predicted octanol–water partition coefficient (Wildman–Crippen LogP) is -2.21. The van der Waals surface area contributed by atoms with Gasteiger partial charge in [0.05, 0.1) is 12.2 Å². The molecular weight excluding hydrogens is 534 g/mol. The molecule has 0 saturated carbocycles. The minimum atomic E-state index is -1.16. The fourth-order valence-electron chi connectivity index (χ4n) is 3.04. The number of ether oxygens (including phenoxy) is 1. The number of anilines is 2. The van der Waals surface area contributed by atoms with Gasteiger partial charge in [-0.3, -0.25) is 27.9 Å². The lowest BCUT2D eigenvalue weighted by molar-refractivity contribution is -0.138. The number of carboxylic acids is 2. The summed E-state index contributed by atoms with van der Waals surface area (Å²) in [5, 5.41) is 16.6. The monoisotopic (exact) mass is 563 g/mol. The maximum absolute atomic E-state index is 11.9. The van der Waals surface area contributed by atoms with Crippen molar-refractivity contribution in [2.45, 2.75) is 13.3 Å². The van der Waals surface area contributed by atoms with Crippen molar-refractivity contribution in [1.82, 2.24) is 18.3 Å². The molecule has 3 heterocycles. The Hall–Kier alpha value is -5.48. The first-order chi connectivity index (χ1) is 18.5. The van der Waals surface area contributed by atoms with Gasteiger partial charge in [-0.2, -0.15) is 0 Å². The predicted molar refractivity (Wildman–Crippen MR) is 144 cm³/mol. The highest BCUT2D eigenvalue weighted by Gasteiger charge is 2.21. The number of fused-ring (bicyclic) bond motifs is 1. The molecule has 0 bridgehead atoms. The Morgan fingerprint density at radius 2 is 1.38 bits per heavy atom. The van der Waals surface area contributed by atoms with E-state index in [1.165, 1.54) is 38.8 Å². The van der Waals surface area contributed by atoms with E-state index in [2.05, 4.69) is 9.73 Å². The van der Waals surface area contributed by atoms with Crippen LogP contribution in [0.25, 0.3) is 0 Å². The Morgan fingerprint density at radius 3 is 1.90 bits per heavy atom. The smallest absolute Gasteiger partial charge is 0.332 e. The number of aromatic nitrogens is 4. The Labute approximate surface area is 225 Å². The van der Waals surface area contributed by atoms with Gasteiger partial charge in [0.15, 0.2) is 0 Å². The summed E-state index contributed by atoms with van der Waals surface area (Å²) in [6.07, 6.45) is 4.11. The highest BCUT2D eigenvalue weighted by Crippen LogP contribution is 2.21. The number of hydrogen-bond acceptors (Lipinski definition) is 11. The van der Waals surface area contributed by atoms with E-state index < -0.39 is 40.4 Å². The van der Waals surface area contributed by atoms with E-state index in [1.807, 2.05) is 0 Å². The number of nitrogen functional groups attached to an aromatic ring is 2. The summed E-state index contributed by atoms with van der Waals surface area (Å²) in [4.78, 5) is 80.5. The minimum absolute atomic E-state index is 0.00287. The average molecular weight is 564 g/mol. The van der Waals surface area contributed by atoms with Crippen molar-refractivity contribution in [3.8, 4) is 0 Å². The highest BCUT2D eigenvalue weighted by atomic mass is 16.5. The van der Waals surface area contributed by atoms with Gasteiger partial charge < -0.3 is 26.4 Å². The maximum Gasteiger partial charge on any atom is 0.332 e. The number of hydrogen-bond donors (Lipinski definition) is 4. The van der Waals surface area contributed by atoms with Crippen molar-refractivity contribution in [1.29, 1.82) is 0 Å². The van der Waals surface area contributed by atoms with Crippen LogP contribution in [0.2, 0.25) is 0 Å². The van der Waals surface area contributed by atoms with Crippen LogP contribution in [0.15, 0.2) is 48.5 Å². The van der Waals surface area contributed by atoms with Gasteiger partial charge in [0.25, 0.3) is 11.1 Å². The Balaban J connectivity index is 0.000000318. The summed E-state index contributed by atoms with van der Waals surface area (Å²) in [6.45, 7) is 1.90. The number of aliphatic imine (C=N–C) groups is 1. The lowest BCUT2D eigenvalue weighted by Crippen LogP contribution is -2.39. The van der Waals surface area contributed by atoms with E-state index in [0.29, 0.717) is 17.1 Å². The van der Waals surface area contributed by atoms with E-state index in [9.17, 15) is 33.6 Å². The second-order valence-corrected chi connectivity index (χ2v) is 7.89. The van der Waals surface area contributed by atoms with Gasteiger partial charge in [-0.1, -0.05) is 0 Å². The molecule has 17 heteroatoms. The number of carbonyl (C=O) groups is 3. The first kappa shape index (κ1) is 32.5. The van der Waals surface area contributed by atoms with Crippen LogP contribution >= 0.6 is 0 Å². The first-order valence-electron chi connectivity index (χ1n) is 11.2. The molecule has 216 valence electrons. The summed E-state index contributed by atoms with van der Waals surface area (Å²) >= 11 is 0. The van der Waals surface area contributed by atoms with Gasteiger partial charge in [-0.05, 0) is 13.0 Å². The van der Waals surface area contributed by atoms with Crippen molar-refractivity contribution in [2.75, 3.05) is 18.1 Å². The summed E-state index contributed by atoms with van der Waals surface area (Å²) in [6, 6.07) is 0. The van der Waals surface area contributed by atoms with E-state index in [0.717, 1.165) is 31.9 Å². The first-order valence-corrected chi connectivity index (χ1v) is 11.2. The SMILES string of the molecule is CCOC(=O)/C=C/C(=O)O.Cn1c(N)c(N)c(=O)n(C)c1=O.Cn1c2c(c(=O)n(C)c1=O)CC(/C=C/C(=O)O)=N2. The van der Waals surface area contributed by atoms with Crippen molar-refractivity contribution >= 4 is 40.9 Å². The molecule has 0 atom stereocenters. The molecule has 0 radical (unpaired) electrons. The highest BCUT2D eigenvalue weighted by molar-refractivity contribution is 6.04. The number of esters is 1. The van der Waals surface area contributed by atoms with Crippen LogP contribution in [0.1, 0.15) is 12.5 Å². The summed E-state index contributed by atoms with van der Waals surface area (Å²) < 4.78 is 8.72. The van der Waals surface area contributed by atoms with E-state index in [-0.39, 0.29) is 24.5 Å². The van der Waals surface area contributed by atoms with Crippen LogP contribution in [0.5, 0.6) is 0 Å². The third kappa shape index (κ3) is 8.01. The van der Waals surface area contributed by atoms with Crippen LogP contribution in [0.3, 0.4) is 0 Å². The van der Waals surface area contributed by atoms with Crippen molar-refractivity contribution in [2.24, 2.45) is 33.2 Å². The van der Waals surface area contributed by atoms with Gasteiger partial charge >= 0.3 is 29.3 Å². The number of carboxylic acid groups (broad SMARTS) is 2. The van der Waals surface area contributed by atoms with E-state index >= 15 is 0 Å². The summed E-state index contributed by atoms with van der Waals surface area (Å²) in [5.74, 6) is -2.58. The second-order valence-electron chi connectivity index (χ2n) is 7.89. The molecule has 0 unspecified atom stereocenters. The zero-order valence-electron chi connectivity index (χ0n) is 22.3. The third-order valence-corrected chi connectivity index (χ3v) is 5.14. The topological polar surface area (TPSA) is 253 Å². The normalized spacial score (nSPS) is 11.7. The zero-order chi connectivity index (χ0) is 30.9.